The van der Waals surface area contributed by atoms with Gasteiger partial charge in [-0.25, -0.2) is 4.39 Å². The molecule has 112 valence electrons. The fourth-order valence-electron chi connectivity index (χ4n) is 1.86. The van der Waals surface area contributed by atoms with Gasteiger partial charge in [-0.05, 0) is 52.8 Å². The number of carbonyl (C=O) groups excluding carboxylic acids is 1. The van der Waals surface area contributed by atoms with Gasteiger partial charge in [0.1, 0.15) is 5.82 Å². The summed E-state index contributed by atoms with van der Waals surface area (Å²) in [6.45, 7) is 9.39. The van der Waals surface area contributed by atoms with Crippen molar-refractivity contribution < 1.29 is 9.18 Å². The van der Waals surface area contributed by atoms with Gasteiger partial charge in [-0.3, -0.25) is 10.1 Å². The number of rotatable bonds is 4. The van der Waals surface area contributed by atoms with Gasteiger partial charge >= 0.3 is 0 Å². The van der Waals surface area contributed by atoms with Gasteiger partial charge in [0.25, 0.3) is 0 Å². The van der Waals surface area contributed by atoms with Crippen molar-refractivity contribution in [3.8, 4) is 0 Å². The number of nitrogens with one attached hydrogen (secondary N) is 2. The Morgan fingerprint density at radius 3 is 2.45 bits per heavy atom. The van der Waals surface area contributed by atoms with E-state index in [9.17, 15) is 9.18 Å². The Labute approximate surface area is 128 Å². The molecule has 0 spiro atoms. The Morgan fingerprint density at radius 1 is 1.30 bits per heavy atom. The average Bonchev–Trinajstić information content (AvgIpc) is 2.29. The van der Waals surface area contributed by atoms with E-state index < -0.39 is 6.04 Å². The van der Waals surface area contributed by atoms with Gasteiger partial charge < -0.3 is 5.32 Å². The third kappa shape index (κ3) is 5.21. The molecule has 2 atom stereocenters. The van der Waals surface area contributed by atoms with E-state index in [1.54, 1.807) is 19.1 Å². The molecule has 0 aliphatic carbocycles. The highest BCUT2D eigenvalue weighted by atomic mass is 79.9. The highest BCUT2D eigenvalue weighted by Crippen LogP contribution is 2.21. The first-order chi connectivity index (χ1) is 9.10. The minimum Gasteiger partial charge on any atom is -0.350 e. The van der Waals surface area contributed by atoms with Crippen LogP contribution in [0.3, 0.4) is 0 Å². The summed E-state index contributed by atoms with van der Waals surface area (Å²) in [5.41, 5.74) is 0.256. The summed E-state index contributed by atoms with van der Waals surface area (Å²) in [6.07, 6.45) is 0. The van der Waals surface area contributed by atoms with Crippen LogP contribution in [0.4, 0.5) is 4.39 Å². The molecule has 0 aliphatic rings. The molecule has 1 aromatic rings. The standard InChI is InChI=1S/C15H22BrFN2O/c1-9(12-8-11(16)6-7-13(12)17)18-10(2)14(20)19-15(3,4)5/h6-10,18H,1-5H3,(H,19,20). The minimum atomic E-state index is -0.400. The fourth-order valence-corrected chi connectivity index (χ4v) is 2.24. The fraction of sp³-hybridized carbons (Fsp3) is 0.533. The quantitative estimate of drug-likeness (QED) is 0.876. The SMILES string of the molecule is CC(NC(C)c1cc(Br)ccc1F)C(=O)NC(C)(C)C. The number of benzene rings is 1. The molecule has 1 rings (SSSR count). The van der Waals surface area contributed by atoms with Gasteiger partial charge in [0.15, 0.2) is 0 Å². The summed E-state index contributed by atoms with van der Waals surface area (Å²) < 4.78 is 14.6. The van der Waals surface area contributed by atoms with Crippen molar-refractivity contribution in [2.75, 3.05) is 0 Å². The van der Waals surface area contributed by atoms with Crippen LogP contribution in [0.15, 0.2) is 22.7 Å². The first-order valence-electron chi connectivity index (χ1n) is 6.63. The monoisotopic (exact) mass is 344 g/mol. The molecule has 0 heterocycles. The molecule has 0 saturated heterocycles. The molecule has 5 heteroatoms. The number of halogens is 2. The molecule has 0 aromatic heterocycles. The lowest BCUT2D eigenvalue weighted by Gasteiger charge is -2.26. The third-order valence-corrected chi connectivity index (χ3v) is 3.31. The van der Waals surface area contributed by atoms with E-state index in [-0.39, 0.29) is 23.3 Å². The Kier molecular flexibility index (Phi) is 5.71. The highest BCUT2D eigenvalue weighted by molar-refractivity contribution is 9.10. The maximum absolute atomic E-state index is 13.8. The number of hydrogen-bond acceptors (Lipinski definition) is 2. The summed E-state index contributed by atoms with van der Waals surface area (Å²) in [7, 11) is 0. The van der Waals surface area contributed by atoms with Crippen LogP contribution in [-0.4, -0.2) is 17.5 Å². The van der Waals surface area contributed by atoms with Gasteiger partial charge in [-0.15, -0.1) is 0 Å². The molecule has 0 bridgehead atoms. The predicted octanol–water partition coefficient (Wildman–Crippen LogP) is 3.54. The third-order valence-electron chi connectivity index (χ3n) is 2.82. The second kappa shape index (κ2) is 6.68. The van der Waals surface area contributed by atoms with Gasteiger partial charge in [-0.1, -0.05) is 15.9 Å². The number of hydrogen-bond donors (Lipinski definition) is 2. The first-order valence-corrected chi connectivity index (χ1v) is 7.42. The molecule has 1 amide bonds. The largest absolute Gasteiger partial charge is 0.350 e. The van der Waals surface area contributed by atoms with Gasteiger partial charge in [0.05, 0.1) is 6.04 Å². The van der Waals surface area contributed by atoms with Crippen LogP contribution >= 0.6 is 15.9 Å². The molecule has 0 fully saturated rings. The van der Waals surface area contributed by atoms with Gasteiger partial charge in [0, 0.05) is 21.6 Å². The second-order valence-corrected chi connectivity index (χ2v) is 6.93. The van der Waals surface area contributed by atoms with Crippen LogP contribution in [-0.2, 0) is 4.79 Å². The van der Waals surface area contributed by atoms with Crippen LogP contribution < -0.4 is 10.6 Å². The van der Waals surface area contributed by atoms with Crippen molar-refractivity contribution in [2.24, 2.45) is 0 Å². The zero-order chi connectivity index (χ0) is 15.5. The summed E-state index contributed by atoms with van der Waals surface area (Å²) in [5.74, 6) is -0.378. The molecule has 1 aromatic carbocycles. The predicted molar refractivity (Wildman–Crippen MR) is 83.0 cm³/mol. The topological polar surface area (TPSA) is 41.1 Å². The zero-order valence-electron chi connectivity index (χ0n) is 12.6. The van der Waals surface area contributed by atoms with Gasteiger partial charge in [0.2, 0.25) is 5.91 Å². The lowest BCUT2D eigenvalue weighted by atomic mass is 10.1. The molecule has 2 N–H and O–H groups in total. The summed E-state index contributed by atoms with van der Waals surface area (Å²) in [6, 6.07) is 4.14. The van der Waals surface area contributed by atoms with Crippen molar-refractivity contribution in [2.45, 2.75) is 52.2 Å². The van der Waals surface area contributed by atoms with Gasteiger partial charge in [-0.2, -0.15) is 0 Å². The number of carbonyl (C=O) groups is 1. The first kappa shape index (κ1) is 17.1. The molecule has 0 saturated carbocycles. The van der Waals surface area contributed by atoms with Crippen LogP contribution in [0.1, 0.15) is 46.2 Å². The molecule has 0 aliphatic heterocycles. The van der Waals surface area contributed by atoms with E-state index in [1.165, 1.54) is 6.07 Å². The molecular formula is C15H22BrFN2O. The Balaban J connectivity index is 2.72. The van der Waals surface area contributed by atoms with Crippen LogP contribution in [0.2, 0.25) is 0 Å². The summed E-state index contributed by atoms with van der Waals surface area (Å²) >= 11 is 3.33. The lowest BCUT2D eigenvalue weighted by molar-refractivity contribution is -0.124. The normalized spacial score (nSPS) is 14.8. The van der Waals surface area contributed by atoms with Crippen molar-refractivity contribution in [1.82, 2.24) is 10.6 Å². The van der Waals surface area contributed by atoms with E-state index in [2.05, 4.69) is 26.6 Å². The molecule has 3 nitrogen and oxygen atoms in total. The van der Waals surface area contributed by atoms with E-state index in [4.69, 9.17) is 0 Å². The average molecular weight is 345 g/mol. The maximum Gasteiger partial charge on any atom is 0.237 e. The second-order valence-electron chi connectivity index (χ2n) is 6.02. The van der Waals surface area contributed by atoms with Crippen LogP contribution in [0, 0.1) is 5.82 Å². The van der Waals surface area contributed by atoms with Crippen LogP contribution in [0.5, 0.6) is 0 Å². The molecular weight excluding hydrogens is 323 g/mol. The van der Waals surface area contributed by atoms with Crippen molar-refractivity contribution in [1.29, 1.82) is 0 Å². The smallest absolute Gasteiger partial charge is 0.237 e. The van der Waals surface area contributed by atoms with Crippen molar-refractivity contribution >= 4 is 21.8 Å². The maximum atomic E-state index is 13.8. The number of amides is 1. The molecule has 20 heavy (non-hydrogen) atoms. The zero-order valence-corrected chi connectivity index (χ0v) is 14.1. The van der Waals surface area contributed by atoms with E-state index in [1.807, 2.05) is 27.7 Å². The Morgan fingerprint density at radius 2 is 1.90 bits per heavy atom. The van der Waals surface area contributed by atoms with E-state index in [0.717, 1.165) is 4.47 Å². The van der Waals surface area contributed by atoms with Crippen molar-refractivity contribution in [3.63, 3.8) is 0 Å². The molecule has 2 unspecified atom stereocenters. The van der Waals surface area contributed by atoms with E-state index >= 15 is 0 Å². The lowest BCUT2D eigenvalue weighted by Crippen LogP contribution is -2.50. The van der Waals surface area contributed by atoms with Crippen LogP contribution in [0.25, 0.3) is 0 Å². The summed E-state index contributed by atoms with van der Waals surface area (Å²) in [4.78, 5) is 12.0. The molecule has 0 radical (unpaired) electrons. The Hall–Kier alpha value is -0.940. The summed E-state index contributed by atoms with van der Waals surface area (Å²) in [5, 5.41) is 6.01. The highest BCUT2D eigenvalue weighted by Gasteiger charge is 2.21. The Bertz CT molecular complexity index is 485. The minimum absolute atomic E-state index is 0.0974. The van der Waals surface area contributed by atoms with Crippen molar-refractivity contribution in [3.05, 3.63) is 34.1 Å². The van der Waals surface area contributed by atoms with E-state index in [0.29, 0.717) is 5.56 Å².